The number of benzene rings is 1. The quantitative estimate of drug-likeness (QED) is 0.752. The van der Waals surface area contributed by atoms with Crippen molar-refractivity contribution in [2.45, 2.75) is 31.4 Å². The Morgan fingerprint density at radius 1 is 1.39 bits per heavy atom. The van der Waals surface area contributed by atoms with Crippen molar-refractivity contribution in [1.29, 1.82) is 0 Å². The molecule has 5 heteroatoms. The highest BCUT2D eigenvalue weighted by atomic mass is 79.9. The topological polar surface area (TPSA) is 38.0 Å². The van der Waals surface area contributed by atoms with Crippen LogP contribution in [0.25, 0.3) is 0 Å². The van der Waals surface area contributed by atoms with Crippen molar-refractivity contribution in [1.82, 2.24) is 0 Å². The van der Waals surface area contributed by atoms with Gasteiger partial charge in [0.15, 0.2) is 0 Å². The van der Waals surface area contributed by atoms with Crippen LogP contribution in [-0.4, -0.2) is 17.5 Å². The summed E-state index contributed by atoms with van der Waals surface area (Å²) in [6.07, 6.45) is 4.29. The molecule has 0 amide bonds. The number of anilines is 2. The van der Waals surface area contributed by atoms with E-state index in [1.165, 1.54) is 6.07 Å². The minimum atomic E-state index is -0.333. The molecule has 1 aromatic rings. The number of nitrogen functional groups attached to an aromatic ring is 1. The third kappa shape index (κ3) is 3.54. The zero-order valence-corrected chi connectivity index (χ0v) is 13.4. The van der Waals surface area contributed by atoms with E-state index >= 15 is 0 Å². The predicted octanol–water partition coefficient (Wildman–Crippen LogP) is 4.50. The lowest BCUT2D eigenvalue weighted by Crippen LogP contribution is -2.32. The van der Waals surface area contributed by atoms with Crippen molar-refractivity contribution < 1.29 is 4.39 Å². The summed E-state index contributed by atoms with van der Waals surface area (Å²) in [5.74, 6) is -0.333. The second-order valence-electron chi connectivity index (χ2n) is 4.30. The first kappa shape index (κ1) is 15.6. The van der Waals surface area contributed by atoms with Gasteiger partial charge in [0, 0.05) is 17.4 Å². The Bertz CT molecular complexity index is 400. The van der Waals surface area contributed by atoms with Crippen molar-refractivity contribution in [2.24, 2.45) is 0 Å². The maximum atomic E-state index is 13.3. The molecule has 0 saturated heterocycles. The molecule has 0 atom stereocenters. The van der Waals surface area contributed by atoms with Crippen LogP contribution in [-0.2, 0) is 0 Å². The third-order valence-corrected chi connectivity index (χ3v) is 5.61. The molecule has 1 rings (SSSR count). The average Bonchev–Trinajstić information content (AvgIpc) is 2.37. The van der Waals surface area contributed by atoms with Gasteiger partial charge in [-0.1, -0.05) is 13.8 Å². The van der Waals surface area contributed by atoms with E-state index in [9.17, 15) is 4.39 Å². The van der Waals surface area contributed by atoms with Crippen molar-refractivity contribution >= 4 is 39.1 Å². The fourth-order valence-corrected chi connectivity index (χ4v) is 2.97. The predicted molar refractivity (Wildman–Crippen MR) is 83.8 cm³/mol. The summed E-state index contributed by atoms with van der Waals surface area (Å²) in [5.41, 5.74) is 7.04. The Morgan fingerprint density at radius 2 is 2.00 bits per heavy atom. The molecule has 0 heterocycles. The van der Waals surface area contributed by atoms with Crippen LogP contribution in [0.1, 0.15) is 26.7 Å². The summed E-state index contributed by atoms with van der Waals surface area (Å²) in [5, 5.41) is 3.33. The van der Waals surface area contributed by atoms with E-state index in [2.05, 4.69) is 41.3 Å². The molecule has 0 aliphatic heterocycles. The lowest BCUT2D eigenvalue weighted by Gasteiger charge is -2.30. The molecule has 0 spiro atoms. The van der Waals surface area contributed by atoms with Gasteiger partial charge in [0.25, 0.3) is 0 Å². The summed E-state index contributed by atoms with van der Waals surface area (Å²) in [4.78, 5) is 0. The van der Waals surface area contributed by atoms with Gasteiger partial charge in [-0.3, -0.25) is 0 Å². The molecule has 3 N–H and O–H groups in total. The van der Waals surface area contributed by atoms with Crippen molar-refractivity contribution in [3.05, 3.63) is 22.4 Å². The SMILES string of the molecule is CCC(CC)(CNc1cc(Br)c(F)cc1N)SC. The standard InChI is InChI=1S/C13H20BrFN2S/c1-4-13(5-2,18-3)8-17-12-6-9(14)10(15)7-11(12)16/h6-7,17H,4-5,8,16H2,1-3H3. The number of thioether (sulfide) groups is 1. The molecular weight excluding hydrogens is 315 g/mol. The lowest BCUT2D eigenvalue weighted by molar-refractivity contribution is 0.574. The first-order valence-corrected chi connectivity index (χ1v) is 8.03. The van der Waals surface area contributed by atoms with Gasteiger partial charge < -0.3 is 11.1 Å². The molecule has 102 valence electrons. The lowest BCUT2D eigenvalue weighted by atomic mass is 10.0. The van der Waals surface area contributed by atoms with E-state index < -0.39 is 0 Å². The molecule has 1 aromatic carbocycles. The van der Waals surface area contributed by atoms with Crippen LogP contribution in [0.15, 0.2) is 16.6 Å². The smallest absolute Gasteiger partial charge is 0.139 e. The Hall–Kier alpha value is -0.420. The Balaban J connectivity index is 2.83. The molecule has 0 saturated carbocycles. The summed E-state index contributed by atoms with van der Waals surface area (Å²) < 4.78 is 13.9. The zero-order valence-electron chi connectivity index (χ0n) is 11.0. The minimum Gasteiger partial charge on any atom is -0.397 e. The van der Waals surface area contributed by atoms with Crippen LogP contribution in [0.5, 0.6) is 0 Å². The molecule has 0 fully saturated rings. The highest BCUT2D eigenvalue weighted by molar-refractivity contribution is 9.10. The van der Waals surface area contributed by atoms with Crippen molar-refractivity contribution in [2.75, 3.05) is 23.9 Å². The molecule has 0 unspecified atom stereocenters. The van der Waals surface area contributed by atoms with Crippen LogP contribution in [0.3, 0.4) is 0 Å². The Kier molecular flexibility index (Phi) is 5.79. The van der Waals surface area contributed by atoms with E-state index in [4.69, 9.17) is 5.73 Å². The minimum absolute atomic E-state index is 0.202. The first-order chi connectivity index (χ1) is 8.48. The van der Waals surface area contributed by atoms with E-state index in [-0.39, 0.29) is 10.6 Å². The van der Waals surface area contributed by atoms with Gasteiger partial charge in [-0.05, 0) is 41.1 Å². The summed E-state index contributed by atoms with van der Waals surface area (Å²) in [6.45, 7) is 5.20. The Morgan fingerprint density at radius 3 is 2.50 bits per heavy atom. The Labute approximate surface area is 121 Å². The number of halogens is 2. The molecular formula is C13H20BrFN2S. The molecule has 0 aliphatic rings. The second kappa shape index (κ2) is 6.66. The van der Waals surface area contributed by atoms with Crippen LogP contribution < -0.4 is 11.1 Å². The number of rotatable bonds is 6. The monoisotopic (exact) mass is 334 g/mol. The van der Waals surface area contributed by atoms with Crippen LogP contribution in [0, 0.1) is 5.82 Å². The van der Waals surface area contributed by atoms with Gasteiger partial charge >= 0.3 is 0 Å². The largest absolute Gasteiger partial charge is 0.397 e. The normalized spacial score (nSPS) is 11.6. The number of nitrogens with two attached hydrogens (primary N) is 1. The molecule has 0 aliphatic carbocycles. The van der Waals surface area contributed by atoms with Crippen LogP contribution in [0.2, 0.25) is 0 Å². The first-order valence-electron chi connectivity index (χ1n) is 6.01. The maximum absolute atomic E-state index is 13.3. The van der Waals surface area contributed by atoms with E-state index in [0.29, 0.717) is 10.2 Å². The zero-order chi connectivity index (χ0) is 13.8. The number of hydrogen-bond donors (Lipinski definition) is 2. The second-order valence-corrected chi connectivity index (χ2v) is 6.43. The number of hydrogen-bond acceptors (Lipinski definition) is 3. The highest BCUT2D eigenvalue weighted by Crippen LogP contribution is 2.32. The molecule has 0 radical (unpaired) electrons. The van der Waals surface area contributed by atoms with Gasteiger partial charge in [-0.15, -0.1) is 0 Å². The van der Waals surface area contributed by atoms with E-state index in [0.717, 1.165) is 25.1 Å². The van der Waals surface area contributed by atoms with Crippen molar-refractivity contribution in [3.8, 4) is 0 Å². The van der Waals surface area contributed by atoms with Gasteiger partial charge in [-0.25, -0.2) is 4.39 Å². The summed E-state index contributed by atoms with van der Waals surface area (Å²) in [7, 11) is 0. The number of nitrogens with one attached hydrogen (secondary N) is 1. The summed E-state index contributed by atoms with van der Waals surface area (Å²) in [6, 6.07) is 3.03. The van der Waals surface area contributed by atoms with Crippen LogP contribution >= 0.6 is 27.7 Å². The van der Waals surface area contributed by atoms with E-state index in [1.807, 2.05) is 11.8 Å². The maximum Gasteiger partial charge on any atom is 0.139 e. The van der Waals surface area contributed by atoms with Gasteiger partial charge in [0.2, 0.25) is 0 Å². The summed E-state index contributed by atoms with van der Waals surface area (Å²) >= 11 is 5.04. The molecule has 0 aromatic heterocycles. The molecule has 0 bridgehead atoms. The van der Waals surface area contributed by atoms with Crippen LogP contribution in [0.4, 0.5) is 15.8 Å². The fourth-order valence-electron chi connectivity index (χ4n) is 1.83. The third-order valence-electron chi connectivity index (χ3n) is 3.42. The van der Waals surface area contributed by atoms with Gasteiger partial charge in [-0.2, -0.15) is 11.8 Å². The van der Waals surface area contributed by atoms with Gasteiger partial charge in [0.05, 0.1) is 15.8 Å². The van der Waals surface area contributed by atoms with E-state index in [1.54, 1.807) is 6.07 Å². The highest BCUT2D eigenvalue weighted by Gasteiger charge is 2.24. The molecule has 18 heavy (non-hydrogen) atoms. The fraction of sp³-hybridized carbons (Fsp3) is 0.538. The molecule has 2 nitrogen and oxygen atoms in total. The average molecular weight is 335 g/mol. The van der Waals surface area contributed by atoms with Gasteiger partial charge in [0.1, 0.15) is 5.82 Å². The van der Waals surface area contributed by atoms with Crippen molar-refractivity contribution in [3.63, 3.8) is 0 Å².